The highest BCUT2D eigenvalue weighted by Crippen LogP contribution is 2.73. The molecule has 218 valence electrons. The molecule has 5 fully saturated rings. The molecule has 12 atom stereocenters. The molecule has 0 aromatic rings. The summed E-state index contributed by atoms with van der Waals surface area (Å²) in [6.45, 7) is 11.2. The summed E-state index contributed by atoms with van der Waals surface area (Å²) in [6.07, 6.45) is 6.60. The molecule has 1 spiro atoms. The van der Waals surface area contributed by atoms with Crippen LogP contribution < -0.4 is 0 Å². The number of aliphatic hydroxyl groups is 2. The van der Waals surface area contributed by atoms with Gasteiger partial charge >= 0.3 is 5.97 Å². The van der Waals surface area contributed by atoms with Crippen molar-refractivity contribution in [2.75, 3.05) is 13.2 Å². The van der Waals surface area contributed by atoms with E-state index in [0.717, 1.165) is 50.5 Å². The quantitative estimate of drug-likeness (QED) is 0.279. The van der Waals surface area contributed by atoms with Gasteiger partial charge in [-0.15, -0.1) is 0 Å². The Bertz CT molecular complexity index is 1050. The minimum Gasteiger partial charge on any atom is -0.458 e. The van der Waals surface area contributed by atoms with Gasteiger partial charge in [0.2, 0.25) is 0 Å². The molecular weight excluding hydrogens is 496 g/mol. The fraction of sp³-hybridized carbons (Fsp3) is 0.875. The molecule has 0 radical (unpaired) electrons. The molecular formula is C32H48O7. The lowest BCUT2D eigenvalue weighted by Gasteiger charge is -2.59. The third kappa shape index (κ3) is 3.74. The lowest BCUT2D eigenvalue weighted by Crippen LogP contribution is -2.68. The fourth-order valence-electron chi connectivity index (χ4n) is 10.6. The lowest BCUT2D eigenvalue weighted by molar-refractivity contribution is -0.187. The zero-order valence-electron chi connectivity index (χ0n) is 24.4. The average Bonchev–Trinajstić information content (AvgIpc) is 3.53. The second kappa shape index (κ2) is 9.64. The number of fused-ring (bicyclic) bond motifs is 4. The highest BCUT2D eigenvalue weighted by molar-refractivity contribution is 5.90. The number of carbonyl (C=O) groups excluding carboxylic acids is 2. The third-order valence-electron chi connectivity index (χ3n) is 12.8. The molecule has 1 saturated heterocycles. The molecule has 0 amide bonds. The summed E-state index contributed by atoms with van der Waals surface area (Å²) in [7, 11) is 0. The Hall–Kier alpha value is -1.28. The van der Waals surface area contributed by atoms with Crippen LogP contribution in [0.4, 0.5) is 0 Å². The molecule has 7 nitrogen and oxygen atoms in total. The van der Waals surface area contributed by atoms with Crippen LogP contribution in [-0.4, -0.2) is 65.2 Å². The summed E-state index contributed by atoms with van der Waals surface area (Å²) >= 11 is 0. The van der Waals surface area contributed by atoms with Crippen molar-refractivity contribution in [1.29, 1.82) is 0 Å². The van der Waals surface area contributed by atoms with Crippen LogP contribution in [0.25, 0.3) is 0 Å². The van der Waals surface area contributed by atoms with E-state index in [0.29, 0.717) is 36.4 Å². The van der Waals surface area contributed by atoms with E-state index in [1.807, 2.05) is 6.92 Å². The number of hydrogen-bond donors (Lipinski definition) is 2. The van der Waals surface area contributed by atoms with E-state index in [9.17, 15) is 19.8 Å². The molecule has 0 aromatic carbocycles. The molecule has 6 aliphatic rings. The molecule has 0 aromatic heterocycles. The number of carbonyl (C=O) groups is 2. The van der Waals surface area contributed by atoms with Gasteiger partial charge in [-0.1, -0.05) is 32.8 Å². The predicted octanol–water partition coefficient (Wildman–Crippen LogP) is 4.37. The first-order valence-corrected chi connectivity index (χ1v) is 15.6. The van der Waals surface area contributed by atoms with Gasteiger partial charge in [-0.3, -0.25) is 4.79 Å². The van der Waals surface area contributed by atoms with Crippen LogP contribution in [0.2, 0.25) is 0 Å². The molecule has 2 heterocycles. The van der Waals surface area contributed by atoms with E-state index in [2.05, 4.69) is 27.7 Å². The van der Waals surface area contributed by atoms with Crippen molar-refractivity contribution < 1.29 is 34.0 Å². The molecule has 7 heteroatoms. The Morgan fingerprint density at radius 3 is 2.59 bits per heavy atom. The van der Waals surface area contributed by atoms with E-state index < -0.39 is 23.2 Å². The number of Topliss-reactive ketones (excluding diaryl/α,β-unsaturated/α-hetero) is 1. The number of epoxide rings is 1. The van der Waals surface area contributed by atoms with Crippen LogP contribution in [0, 0.1) is 40.4 Å². The first kappa shape index (κ1) is 27.9. The van der Waals surface area contributed by atoms with Gasteiger partial charge in [0.1, 0.15) is 23.6 Å². The van der Waals surface area contributed by atoms with Crippen LogP contribution in [0.3, 0.4) is 0 Å². The third-order valence-corrected chi connectivity index (χ3v) is 12.8. The van der Waals surface area contributed by atoms with Crippen LogP contribution >= 0.6 is 0 Å². The van der Waals surface area contributed by atoms with Crippen molar-refractivity contribution in [3.8, 4) is 0 Å². The van der Waals surface area contributed by atoms with E-state index >= 15 is 0 Å². The number of aliphatic hydroxyl groups excluding tert-OH is 2. The molecule has 6 rings (SSSR count). The van der Waals surface area contributed by atoms with Crippen molar-refractivity contribution in [1.82, 2.24) is 0 Å². The second-order valence-electron chi connectivity index (χ2n) is 14.2. The van der Waals surface area contributed by atoms with Gasteiger partial charge in [-0.05, 0) is 87.4 Å². The van der Waals surface area contributed by atoms with Crippen LogP contribution in [-0.2, 0) is 23.8 Å². The summed E-state index contributed by atoms with van der Waals surface area (Å²) < 4.78 is 18.4. The lowest BCUT2D eigenvalue weighted by atomic mass is 9.43. The number of ether oxygens (including phenoxy) is 3. The first-order chi connectivity index (χ1) is 18.5. The molecule has 2 N–H and O–H groups in total. The van der Waals surface area contributed by atoms with Gasteiger partial charge < -0.3 is 24.4 Å². The van der Waals surface area contributed by atoms with Crippen molar-refractivity contribution in [2.24, 2.45) is 40.4 Å². The maximum atomic E-state index is 13.9. The summed E-state index contributed by atoms with van der Waals surface area (Å²) in [5.74, 6) is 1.63. The summed E-state index contributed by atoms with van der Waals surface area (Å²) in [5.41, 5.74) is 0.0223. The first-order valence-electron chi connectivity index (χ1n) is 15.6. The topological polar surface area (TPSA) is 106 Å². The largest absolute Gasteiger partial charge is 0.458 e. The van der Waals surface area contributed by atoms with E-state index in [4.69, 9.17) is 14.2 Å². The molecule has 0 unspecified atom stereocenters. The summed E-state index contributed by atoms with van der Waals surface area (Å²) in [5, 5.41) is 21.1. The monoisotopic (exact) mass is 544 g/mol. The maximum absolute atomic E-state index is 13.9. The Morgan fingerprint density at radius 2 is 1.90 bits per heavy atom. The highest BCUT2D eigenvalue weighted by atomic mass is 16.6. The van der Waals surface area contributed by atoms with Crippen molar-refractivity contribution >= 4 is 11.8 Å². The highest BCUT2D eigenvalue weighted by Gasteiger charge is 2.82. The second-order valence-corrected chi connectivity index (χ2v) is 14.2. The van der Waals surface area contributed by atoms with Crippen LogP contribution in [0.1, 0.15) is 92.4 Å². The number of unbranched alkanes of at least 4 members (excludes halogenated alkanes) is 1. The zero-order valence-corrected chi connectivity index (χ0v) is 24.4. The van der Waals surface area contributed by atoms with Crippen molar-refractivity contribution in [3.05, 3.63) is 11.1 Å². The van der Waals surface area contributed by atoms with Gasteiger partial charge in [-0.25, -0.2) is 4.79 Å². The smallest absolute Gasteiger partial charge is 0.336 e. The normalized spacial score (nSPS) is 49.5. The summed E-state index contributed by atoms with van der Waals surface area (Å²) in [4.78, 5) is 26.5. The molecule has 4 aliphatic carbocycles. The minimum absolute atomic E-state index is 0.0805. The molecule has 39 heavy (non-hydrogen) atoms. The number of esters is 1. The average molecular weight is 545 g/mol. The minimum atomic E-state index is -0.788. The van der Waals surface area contributed by atoms with Gasteiger partial charge in [0.15, 0.2) is 0 Å². The predicted molar refractivity (Wildman–Crippen MR) is 145 cm³/mol. The molecule has 4 saturated carbocycles. The van der Waals surface area contributed by atoms with Gasteiger partial charge in [0, 0.05) is 19.4 Å². The maximum Gasteiger partial charge on any atom is 0.336 e. The molecule has 2 aliphatic heterocycles. The number of ketones is 1. The van der Waals surface area contributed by atoms with Crippen LogP contribution in [0.5, 0.6) is 0 Å². The Labute approximate surface area is 233 Å². The SMILES string of the molecule is CCCCO[C@H]1CC(=O)[C@]2(C)[C@H]3CC[C@]4(C)[C@@H]([C@@H](C)[C@H]5CC(C)=C(CO)C(=O)O5)CC[C@H]4[C@@H]3C[C@H]3O[C@]32[C@H]1O. The number of cyclic esters (lactones) is 1. The van der Waals surface area contributed by atoms with Gasteiger partial charge in [-0.2, -0.15) is 0 Å². The Morgan fingerprint density at radius 1 is 1.13 bits per heavy atom. The Kier molecular flexibility index (Phi) is 6.89. The zero-order chi connectivity index (χ0) is 27.9. The fourth-order valence-corrected chi connectivity index (χ4v) is 10.6. The number of hydrogen-bond acceptors (Lipinski definition) is 7. The van der Waals surface area contributed by atoms with E-state index in [1.54, 1.807) is 0 Å². The van der Waals surface area contributed by atoms with E-state index in [-0.39, 0.29) is 54.2 Å². The number of rotatable bonds is 7. The summed E-state index contributed by atoms with van der Waals surface area (Å²) in [6, 6.07) is 0. The standard InChI is InChI=1S/C32H48O7/c1-6-7-12-37-25-15-26(34)31(5)23-10-11-30(4)21(18(3)24-13-17(2)20(16-33)29(36)38-24)8-9-22(30)19(23)14-27-32(31,39-27)28(25)35/h18-19,21-25,27-28,33,35H,6-16H2,1-5H3/t18-,19+,21-,22+,23+,24-,25+,27-,28+,30-,31+,32+/m1/s1. The Balaban J connectivity index is 1.22. The van der Waals surface area contributed by atoms with Gasteiger partial charge in [0.05, 0.1) is 29.8 Å². The van der Waals surface area contributed by atoms with E-state index in [1.165, 1.54) is 0 Å². The van der Waals surface area contributed by atoms with Crippen molar-refractivity contribution in [3.63, 3.8) is 0 Å². The van der Waals surface area contributed by atoms with Gasteiger partial charge in [0.25, 0.3) is 0 Å². The molecule has 0 bridgehead atoms. The van der Waals surface area contributed by atoms with Crippen molar-refractivity contribution in [2.45, 2.75) is 122 Å². The van der Waals surface area contributed by atoms with Crippen LogP contribution in [0.15, 0.2) is 11.1 Å².